The van der Waals surface area contributed by atoms with E-state index in [9.17, 15) is 57.8 Å². The molecule has 2 saturated heterocycles. The fourth-order valence-corrected chi connectivity index (χ4v) is 9.99. The lowest BCUT2D eigenvalue weighted by atomic mass is 10.00. The van der Waals surface area contributed by atoms with Gasteiger partial charge >= 0.3 is 5.97 Å². The minimum absolute atomic E-state index is 0.0796. The number of aromatic amines is 1. The van der Waals surface area contributed by atoms with Gasteiger partial charge in [-0.25, -0.2) is 9.78 Å². The van der Waals surface area contributed by atoms with Gasteiger partial charge in [-0.2, -0.15) is 11.8 Å². The maximum atomic E-state index is 14.5. The van der Waals surface area contributed by atoms with Crippen LogP contribution < -0.4 is 54.4 Å². The highest BCUT2D eigenvalue weighted by Crippen LogP contribution is 2.26. The van der Waals surface area contributed by atoms with Crippen LogP contribution in [0, 0.1) is 17.8 Å². The van der Waals surface area contributed by atoms with Gasteiger partial charge in [0.25, 0.3) is 0 Å². The molecule has 0 aromatic carbocycles. The number of H-pyrrole nitrogens is 1. The van der Waals surface area contributed by atoms with Gasteiger partial charge in [0.05, 0.1) is 18.8 Å². The monoisotopic (exact) mass is 1130 g/mol. The van der Waals surface area contributed by atoms with Crippen molar-refractivity contribution in [1.82, 2.24) is 57.0 Å². The van der Waals surface area contributed by atoms with E-state index in [1.54, 1.807) is 6.26 Å². The molecule has 26 nitrogen and oxygen atoms in total. The molecule has 0 saturated carbocycles. The van der Waals surface area contributed by atoms with Crippen molar-refractivity contribution in [3.05, 3.63) is 18.2 Å². The highest BCUT2D eigenvalue weighted by atomic mass is 32.2. The summed E-state index contributed by atoms with van der Waals surface area (Å²) in [5.41, 5.74) is 17.6. The molecule has 0 spiro atoms. The van der Waals surface area contributed by atoms with Crippen LogP contribution in [0.1, 0.15) is 131 Å². The maximum absolute atomic E-state index is 14.5. The fraction of sp³-hybridized carbons (Fsp3) is 0.731. The van der Waals surface area contributed by atoms with Crippen molar-refractivity contribution >= 4 is 76.8 Å². The van der Waals surface area contributed by atoms with Crippen molar-refractivity contribution in [2.45, 2.75) is 192 Å². The average molecular weight is 1130 g/mol. The van der Waals surface area contributed by atoms with E-state index in [0.29, 0.717) is 50.1 Å². The molecule has 2 fully saturated rings. The third-order valence-electron chi connectivity index (χ3n) is 13.6. The number of thioether (sulfide) groups is 1. The van der Waals surface area contributed by atoms with Crippen LogP contribution in [-0.4, -0.2) is 182 Å². The Morgan fingerprint density at radius 2 is 1.18 bits per heavy atom. The molecule has 10 amide bonds. The standard InChI is InChI=1S/C52H88N14O12S/c1-28(2)21-33(54)44(69)62-36(22-29(3)4)46(71)64-39(25-42(55)67)48(73)59-34(16-20-79-8)50(75)66-19-12-15-41(66)51(76)65-18-11-14-40(65)49(74)58-31(7)43(68)61-38(24-32-26-56-27-57-32)47(72)63-37(23-30(5)6)45(70)60-35(52(77)78)13-9-10-17-53/h26-31,33-41H,9-25,53-54H2,1-8H3,(H2,55,67)(H,56,57)(H,58,74)(H,59,73)(H,60,70)(H,61,68)(H,62,69)(H,63,72)(H,64,71)(H,77,78)/t31-,33-,34-,35-,36-,37-,38-,39-,40-,41-/m0/s1. The zero-order valence-electron chi connectivity index (χ0n) is 47.1. The largest absolute Gasteiger partial charge is 0.480 e. The topological polar surface area (TPSA) is 405 Å². The number of hydrogen-bond donors (Lipinski definition) is 12. The molecule has 3 heterocycles. The molecule has 3 rings (SSSR count). The van der Waals surface area contributed by atoms with Gasteiger partial charge < -0.3 is 74.3 Å². The zero-order chi connectivity index (χ0) is 59.1. The lowest BCUT2D eigenvalue weighted by molar-refractivity contribution is -0.148. The number of aliphatic carboxylic acids is 1. The van der Waals surface area contributed by atoms with E-state index in [4.69, 9.17) is 17.2 Å². The second-order valence-electron chi connectivity index (χ2n) is 21.8. The zero-order valence-corrected chi connectivity index (χ0v) is 47.9. The first-order valence-corrected chi connectivity index (χ1v) is 28.8. The summed E-state index contributed by atoms with van der Waals surface area (Å²) in [5, 5.41) is 28.2. The average Bonchev–Trinajstić information content (AvgIpc) is 4.21. The highest BCUT2D eigenvalue weighted by molar-refractivity contribution is 7.98. The Hall–Kier alpha value is -6.35. The Bertz CT molecular complexity index is 2240. The molecule has 10 atom stereocenters. The molecule has 27 heteroatoms. The van der Waals surface area contributed by atoms with Gasteiger partial charge in [-0.05, 0) is 114 Å². The van der Waals surface area contributed by atoms with Gasteiger partial charge in [0.15, 0.2) is 0 Å². The number of hydrogen-bond acceptors (Lipinski definition) is 15. The van der Waals surface area contributed by atoms with E-state index < -0.39 is 132 Å². The number of rotatable bonds is 34. The number of carbonyl (C=O) groups excluding carboxylic acids is 10. The van der Waals surface area contributed by atoms with E-state index >= 15 is 0 Å². The van der Waals surface area contributed by atoms with Crippen molar-refractivity contribution in [2.24, 2.45) is 35.0 Å². The molecule has 0 unspecified atom stereocenters. The summed E-state index contributed by atoms with van der Waals surface area (Å²) in [6.07, 6.45) is 7.15. The van der Waals surface area contributed by atoms with Gasteiger partial charge in [-0.3, -0.25) is 47.9 Å². The molecule has 1 aromatic rings. The van der Waals surface area contributed by atoms with Crippen LogP contribution in [0.15, 0.2) is 12.5 Å². The number of unbranched alkanes of at least 4 members (excludes halogenated alkanes) is 1. The summed E-state index contributed by atoms with van der Waals surface area (Å²) in [6.45, 7) is 13.2. The Kier molecular flexibility index (Phi) is 28.2. The molecule has 2 aliphatic heterocycles. The van der Waals surface area contributed by atoms with Crippen LogP contribution in [0.4, 0.5) is 0 Å². The number of carboxylic acid groups (broad SMARTS) is 1. The first-order valence-electron chi connectivity index (χ1n) is 27.4. The summed E-state index contributed by atoms with van der Waals surface area (Å²) in [5.74, 6) is -8.08. The van der Waals surface area contributed by atoms with E-state index in [1.165, 1.54) is 41.0 Å². The predicted octanol–water partition coefficient (Wildman–Crippen LogP) is -1.34. The van der Waals surface area contributed by atoms with Crippen LogP contribution in [0.25, 0.3) is 0 Å². The molecule has 1 aromatic heterocycles. The van der Waals surface area contributed by atoms with Crippen LogP contribution in [0.2, 0.25) is 0 Å². The summed E-state index contributed by atoms with van der Waals surface area (Å²) < 4.78 is 0. The van der Waals surface area contributed by atoms with Crippen molar-refractivity contribution in [3.63, 3.8) is 0 Å². The molecular formula is C52H88N14O12S. The molecule has 444 valence electrons. The number of aromatic nitrogens is 2. The predicted molar refractivity (Wildman–Crippen MR) is 295 cm³/mol. The van der Waals surface area contributed by atoms with E-state index in [1.807, 2.05) is 41.5 Å². The number of likely N-dealkylation sites (tertiary alicyclic amines) is 2. The van der Waals surface area contributed by atoms with E-state index in [-0.39, 0.29) is 75.8 Å². The Morgan fingerprint density at radius 1 is 0.658 bits per heavy atom. The molecule has 0 aliphatic carbocycles. The Morgan fingerprint density at radius 3 is 1.72 bits per heavy atom. The Balaban J connectivity index is 1.77. The van der Waals surface area contributed by atoms with Crippen LogP contribution in [-0.2, 0) is 59.2 Å². The summed E-state index contributed by atoms with van der Waals surface area (Å²) in [4.78, 5) is 159. The van der Waals surface area contributed by atoms with Gasteiger partial charge in [0.2, 0.25) is 59.1 Å². The molecule has 79 heavy (non-hydrogen) atoms. The maximum Gasteiger partial charge on any atom is 0.326 e. The van der Waals surface area contributed by atoms with Crippen molar-refractivity contribution in [1.29, 1.82) is 0 Å². The fourth-order valence-electron chi connectivity index (χ4n) is 9.52. The number of carbonyl (C=O) groups is 11. The minimum Gasteiger partial charge on any atom is -0.480 e. The normalized spacial score (nSPS) is 18.3. The highest BCUT2D eigenvalue weighted by Gasteiger charge is 2.44. The second kappa shape index (κ2) is 33.3. The quantitative estimate of drug-likeness (QED) is 0.0355. The van der Waals surface area contributed by atoms with Crippen molar-refractivity contribution < 1.29 is 57.8 Å². The first-order chi connectivity index (χ1) is 37.3. The summed E-state index contributed by atoms with van der Waals surface area (Å²) in [7, 11) is 0. The number of amides is 10. The van der Waals surface area contributed by atoms with Crippen LogP contribution in [0.3, 0.4) is 0 Å². The number of primary amides is 1. The third-order valence-corrected chi connectivity index (χ3v) is 14.2. The second-order valence-corrected chi connectivity index (χ2v) is 22.8. The number of nitrogens with one attached hydrogen (secondary N) is 8. The molecule has 2 aliphatic rings. The number of nitrogens with zero attached hydrogens (tertiary/aromatic N) is 3. The third kappa shape index (κ3) is 22.0. The van der Waals surface area contributed by atoms with Crippen molar-refractivity contribution in [2.75, 3.05) is 31.6 Å². The lowest BCUT2D eigenvalue weighted by Gasteiger charge is -2.33. The van der Waals surface area contributed by atoms with Crippen molar-refractivity contribution in [3.8, 4) is 0 Å². The number of nitrogens with two attached hydrogens (primary N) is 3. The Labute approximate surface area is 467 Å². The number of carboxylic acids is 1. The van der Waals surface area contributed by atoms with Crippen LogP contribution in [0.5, 0.6) is 0 Å². The molecule has 0 radical (unpaired) electrons. The van der Waals surface area contributed by atoms with Gasteiger partial charge in [-0.1, -0.05) is 41.5 Å². The van der Waals surface area contributed by atoms with Crippen LogP contribution >= 0.6 is 11.8 Å². The summed E-state index contributed by atoms with van der Waals surface area (Å²) in [6, 6.07) is -11.8. The smallest absolute Gasteiger partial charge is 0.326 e. The van der Waals surface area contributed by atoms with E-state index in [2.05, 4.69) is 47.2 Å². The molecule has 0 bridgehead atoms. The number of imidazole rings is 1. The van der Waals surface area contributed by atoms with Gasteiger partial charge in [0, 0.05) is 31.4 Å². The SMILES string of the molecule is CSCC[C@H](NC(=O)[C@H](CC(N)=O)NC(=O)[C@H](CC(C)C)NC(=O)[C@@H](N)CC(C)C)C(=O)N1CCC[C@H]1C(=O)N1CCC[C@H]1C(=O)N[C@@H](C)C(=O)N[C@@H](Cc1cnc[nH]1)C(=O)N[C@@H](CC(C)C)C(=O)N[C@@H](CCCCN)C(=O)O. The van der Waals surface area contributed by atoms with Gasteiger partial charge in [0.1, 0.15) is 54.4 Å². The lowest BCUT2D eigenvalue weighted by Crippen LogP contribution is -2.60. The van der Waals surface area contributed by atoms with E-state index in [0.717, 1.165) is 0 Å². The van der Waals surface area contributed by atoms with Gasteiger partial charge in [-0.15, -0.1) is 0 Å². The first kappa shape index (κ1) is 66.9. The summed E-state index contributed by atoms with van der Waals surface area (Å²) >= 11 is 1.40. The molecular weight excluding hydrogens is 1040 g/mol. The molecule has 15 N–H and O–H groups in total. The minimum atomic E-state index is -1.54.